The fourth-order valence-corrected chi connectivity index (χ4v) is 2.10. The van der Waals surface area contributed by atoms with Gasteiger partial charge in [0.05, 0.1) is 0 Å². The van der Waals surface area contributed by atoms with E-state index < -0.39 is 8.80 Å². The zero-order valence-electron chi connectivity index (χ0n) is 13.7. The molecule has 7 heteroatoms. The van der Waals surface area contributed by atoms with Crippen LogP contribution in [0.2, 0.25) is 0 Å². The van der Waals surface area contributed by atoms with E-state index in [1.807, 2.05) is 59.8 Å². The van der Waals surface area contributed by atoms with Crippen molar-refractivity contribution in [1.82, 2.24) is 16.4 Å². The van der Waals surface area contributed by atoms with E-state index in [-0.39, 0.29) is 0 Å². The van der Waals surface area contributed by atoms with E-state index in [1.54, 1.807) is 0 Å². The highest BCUT2D eigenvalue weighted by Gasteiger charge is 2.42. The Balaban J connectivity index is 4.94. The number of hydroxylamine groups is 3. The monoisotopic (exact) mass is 313 g/mol. The largest absolute Gasteiger partial charge is 0.594 e. The Bertz CT molecular complexity index is 365. The van der Waals surface area contributed by atoms with Crippen LogP contribution in [-0.4, -0.2) is 8.80 Å². The molecule has 6 nitrogen and oxygen atoms in total. The number of hydrogen-bond acceptors (Lipinski definition) is 6. The van der Waals surface area contributed by atoms with Crippen molar-refractivity contribution < 1.29 is 13.6 Å². The van der Waals surface area contributed by atoms with E-state index in [0.29, 0.717) is 0 Å². The van der Waals surface area contributed by atoms with Crippen molar-refractivity contribution in [3.63, 3.8) is 0 Å². The molecule has 0 aromatic carbocycles. The van der Waals surface area contributed by atoms with Crippen molar-refractivity contribution in [2.24, 2.45) is 0 Å². The standard InChI is InChI=1S/C14H27N3O3Si/c1-8-12(5)15-18-21(11-4,19-16-13(6)9-2)20-17-14(7)10-3/h8-11,15-17H,4H2,1-3,5-7H3. The molecule has 0 unspecified atom stereocenters. The first-order valence-electron chi connectivity index (χ1n) is 6.77. The Morgan fingerprint density at radius 3 is 1.24 bits per heavy atom. The van der Waals surface area contributed by atoms with Crippen LogP contribution >= 0.6 is 0 Å². The van der Waals surface area contributed by atoms with Crippen molar-refractivity contribution >= 4 is 8.80 Å². The minimum Gasteiger partial charge on any atom is -0.278 e. The lowest BCUT2D eigenvalue weighted by atomic mass is 10.5. The van der Waals surface area contributed by atoms with Gasteiger partial charge in [0.25, 0.3) is 0 Å². The predicted octanol–water partition coefficient (Wildman–Crippen LogP) is 2.99. The Morgan fingerprint density at radius 1 is 0.762 bits per heavy atom. The molecule has 3 N–H and O–H groups in total. The first-order chi connectivity index (χ1) is 9.92. The molecular weight excluding hydrogens is 286 g/mol. The van der Waals surface area contributed by atoms with Crippen LogP contribution in [0.15, 0.2) is 47.6 Å². The van der Waals surface area contributed by atoms with Crippen molar-refractivity contribution in [2.45, 2.75) is 41.5 Å². The van der Waals surface area contributed by atoms with Crippen LogP contribution in [0, 0.1) is 0 Å². The second-order valence-corrected chi connectivity index (χ2v) is 6.56. The molecule has 0 bridgehead atoms. The smallest absolute Gasteiger partial charge is 0.278 e. The van der Waals surface area contributed by atoms with Gasteiger partial charge in [-0.1, -0.05) is 24.8 Å². The van der Waals surface area contributed by atoms with E-state index in [2.05, 4.69) is 23.0 Å². The first-order valence-corrected chi connectivity index (χ1v) is 8.57. The summed E-state index contributed by atoms with van der Waals surface area (Å²) in [5, 5.41) is 0. The molecule has 0 aromatic rings. The Morgan fingerprint density at radius 2 is 1.05 bits per heavy atom. The fourth-order valence-electron chi connectivity index (χ4n) is 0.819. The average molecular weight is 313 g/mol. The summed E-state index contributed by atoms with van der Waals surface area (Å²) in [4.78, 5) is 0. The van der Waals surface area contributed by atoms with Gasteiger partial charge in [-0.25, -0.2) is 0 Å². The van der Waals surface area contributed by atoms with Crippen LogP contribution in [0.1, 0.15) is 41.5 Å². The number of nitrogens with one attached hydrogen (secondary N) is 3. The second-order valence-electron chi connectivity index (χ2n) is 4.34. The predicted molar refractivity (Wildman–Crippen MR) is 86.9 cm³/mol. The molecule has 0 aromatic heterocycles. The van der Waals surface area contributed by atoms with Crippen molar-refractivity contribution in [3.8, 4) is 0 Å². The molecule has 0 aliphatic rings. The summed E-state index contributed by atoms with van der Waals surface area (Å²) in [5.74, 6) is 0. The van der Waals surface area contributed by atoms with E-state index in [9.17, 15) is 0 Å². The molecular formula is C14H27N3O3Si. The van der Waals surface area contributed by atoms with Gasteiger partial charge in [0, 0.05) is 17.1 Å². The lowest BCUT2D eigenvalue weighted by molar-refractivity contribution is -0.00577. The molecule has 0 rings (SSSR count). The van der Waals surface area contributed by atoms with Crippen LogP contribution in [0.25, 0.3) is 0 Å². The topological polar surface area (TPSA) is 63.8 Å². The average Bonchev–Trinajstić information content (AvgIpc) is 2.53. The van der Waals surface area contributed by atoms with Gasteiger partial charge in [-0.3, -0.25) is 30.0 Å². The van der Waals surface area contributed by atoms with Gasteiger partial charge >= 0.3 is 8.80 Å². The summed E-state index contributed by atoms with van der Waals surface area (Å²) in [6, 6.07) is 0. The molecule has 0 heterocycles. The quantitative estimate of drug-likeness (QED) is 0.426. The molecule has 0 saturated carbocycles. The van der Waals surface area contributed by atoms with E-state index in [4.69, 9.17) is 13.6 Å². The van der Waals surface area contributed by atoms with Crippen molar-refractivity contribution in [3.05, 3.63) is 47.6 Å². The van der Waals surface area contributed by atoms with Crippen LogP contribution in [0.4, 0.5) is 0 Å². The van der Waals surface area contributed by atoms with E-state index in [1.165, 1.54) is 5.70 Å². The summed E-state index contributed by atoms with van der Waals surface area (Å²) in [5.41, 5.74) is 12.4. The maximum atomic E-state index is 5.60. The lowest BCUT2D eigenvalue weighted by Crippen LogP contribution is -2.53. The fraction of sp³-hybridized carbons (Fsp3) is 0.429. The Kier molecular flexibility index (Phi) is 9.47. The molecule has 0 fully saturated rings. The van der Waals surface area contributed by atoms with Gasteiger partial charge in [-0.05, 0) is 47.2 Å². The van der Waals surface area contributed by atoms with Crippen LogP contribution in [0.3, 0.4) is 0 Å². The highest BCUT2D eigenvalue weighted by Crippen LogP contribution is 2.09. The summed E-state index contributed by atoms with van der Waals surface area (Å²) in [6.07, 6.45) is 5.62. The van der Waals surface area contributed by atoms with Gasteiger partial charge in [0.15, 0.2) is 0 Å². The molecule has 0 aliphatic heterocycles. The van der Waals surface area contributed by atoms with Crippen molar-refractivity contribution in [1.29, 1.82) is 0 Å². The third-order valence-electron chi connectivity index (χ3n) is 2.61. The number of allylic oxidation sites excluding steroid dienone is 6. The Labute approximate surface area is 128 Å². The van der Waals surface area contributed by atoms with Crippen LogP contribution in [-0.2, 0) is 13.6 Å². The van der Waals surface area contributed by atoms with Gasteiger partial charge in [-0.15, -0.1) is 0 Å². The van der Waals surface area contributed by atoms with E-state index >= 15 is 0 Å². The van der Waals surface area contributed by atoms with Gasteiger partial charge in [0.2, 0.25) is 0 Å². The summed E-state index contributed by atoms with van der Waals surface area (Å²) in [6.45, 7) is 15.1. The molecule has 21 heavy (non-hydrogen) atoms. The molecule has 0 radical (unpaired) electrons. The zero-order valence-corrected chi connectivity index (χ0v) is 14.7. The van der Waals surface area contributed by atoms with Crippen LogP contribution in [0.5, 0.6) is 0 Å². The number of rotatable bonds is 10. The molecule has 0 aliphatic carbocycles. The third kappa shape index (κ3) is 7.71. The molecule has 0 saturated heterocycles. The number of hydrogen-bond donors (Lipinski definition) is 3. The summed E-state index contributed by atoms with van der Waals surface area (Å²) >= 11 is 0. The van der Waals surface area contributed by atoms with Crippen molar-refractivity contribution in [2.75, 3.05) is 0 Å². The second kappa shape index (κ2) is 10.2. The maximum Gasteiger partial charge on any atom is 0.594 e. The first kappa shape index (κ1) is 19.5. The molecule has 0 amide bonds. The lowest BCUT2D eigenvalue weighted by Gasteiger charge is -2.26. The summed E-state index contributed by atoms with van der Waals surface area (Å²) < 4.78 is 16.8. The SMILES string of the molecule is C=C[Si](ONC(C)=CC)(ONC(C)=CC)ONC(C)=CC. The molecule has 120 valence electrons. The normalized spacial score (nSPS) is 16.2. The minimum atomic E-state index is -3.20. The van der Waals surface area contributed by atoms with E-state index in [0.717, 1.165) is 17.1 Å². The third-order valence-corrected chi connectivity index (χ3v) is 4.27. The highest BCUT2D eigenvalue weighted by atomic mass is 28.4. The van der Waals surface area contributed by atoms with Gasteiger partial charge < -0.3 is 0 Å². The highest BCUT2D eigenvalue weighted by molar-refractivity contribution is 6.65. The van der Waals surface area contributed by atoms with Crippen LogP contribution < -0.4 is 16.4 Å². The van der Waals surface area contributed by atoms with Gasteiger partial charge in [0.1, 0.15) is 0 Å². The Hall–Kier alpha value is -1.54. The zero-order chi connectivity index (χ0) is 16.3. The molecule has 0 atom stereocenters. The van der Waals surface area contributed by atoms with Gasteiger partial charge in [-0.2, -0.15) is 0 Å². The minimum absolute atomic E-state index is 0.839. The maximum absolute atomic E-state index is 5.60. The molecule has 0 spiro atoms. The summed E-state index contributed by atoms with van der Waals surface area (Å²) in [7, 11) is -3.20.